The maximum atomic E-state index is 14.9. The molecule has 1 amide bonds. The van der Waals surface area contributed by atoms with E-state index in [2.05, 4.69) is 9.98 Å². The minimum Gasteiger partial charge on any atom is -0.439 e. The lowest BCUT2D eigenvalue weighted by atomic mass is 9.72. The number of benzene rings is 1. The normalized spacial score (nSPS) is 26.7. The van der Waals surface area contributed by atoms with Gasteiger partial charge in [0.25, 0.3) is 0 Å². The number of nitrogens with zero attached hydrogens (tertiary/aromatic N) is 3. The second kappa shape index (κ2) is 7.07. The first-order chi connectivity index (χ1) is 13.8. The number of carbonyl (C=O) groups excluding carboxylic acids is 1. The highest BCUT2D eigenvalue weighted by atomic mass is 19.1. The number of carbonyl (C=O) groups is 1. The molecule has 2 N–H and O–H groups in total. The number of hydrogen-bond donors (Lipinski definition) is 1. The van der Waals surface area contributed by atoms with E-state index in [4.69, 9.17) is 15.2 Å². The zero-order valence-electron chi connectivity index (χ0n) is 15.9. The standard InChI is InChI=1S/C20H20F2N4O3/c1-11-7-15-18(27)26(2)19(23)25-20(15,10-28-11)14-8-13(4-5-16(14)22)29-17-6-3-12(21)9-24-17/h3-6,8-9,11,15H,7,10H2,1-2H3,(H2,23,25)/t11-,15-,20+/m0/s1. The molecule has 2 aromatic rings. The smallest absolute Gasteiger partial charge is 0.235 e. The summed E-state index contributed by atoms with van der Waals surface area (Å²) in [6.07, 6.45) is 1.22. The third-order valence-electron chi connectivity index (χ3n) is 5.35. The number of fused-ring (bicyclic) bond motifs is 1. The summed E-state index contributed by atoms with van der Waals surface area (Å²) in [6.45, 7) is 1.86. The van der Waals surface area contributed by atoms with Crippen molar-refractivity contribution in [1.82, 2.24) is 9.88 Å². The molecule has 1 saturated heterocycles. The zero-order valence-corrected chi connectivity index (χ0v) is 15.9. The van der Waals surface area contributed by atoms with E-state index in [1.54, 1.807) is 7.05 Å². The highest BCUT2D eigenvalue weighted by Crippen LogP contribution is 2.46. The first kappa shape index (κ1) is 19.3. The van der Waals surface area contributed by atoms with Crippen molar-refractivity contribution in [3.8, 4) is 11.6 Å². The van der Waals surface area contributed by atoms with Crippen molar-refractivity contribution >= 4 is 11.9 Å². The molecule has 3 heterocycles. The molecule has 1 aromatic heterocycles. The minimum atomic E-state index is -1.29. The second-order valence-electron chi connectivity index (χ2n) is 7.26. The predicted octanol–water partition coefficient (Wildman–Crippen LogP) is 2.56. The number of rotatable bonds is 3. The van der Waals surface area contributed by atoms with Gasteiger partial charge in [-0.15, -0.1) is 0 Å². The van der Waals surface area contributed by atoms with Gasteiger partial charge in [-0.05, 0) is 37.6 Å². The Kier molecular flexibility index (Phi) is 4.70. The molecule has 29 heavy (non-hydrogen) atoms. The number of pyridine rings is 1. The molecule has 152 valence electrons. The Hall–Kier alpha value is -3.07. The Morgan fingerprint density at radius 2 is 2.10 bits per heavy atom. The van der Waals surface area contributed by atoms with Gasteiger partial charge in [0.15, 0.2) is 5.96 Å². The number of aromatic nitrogens is 1. The maximum absolute atomic E-state index is 14.9. The van der Waals surface area contributed by atoms with Crippen LogP contribution in [-0.2, 0) is 15.1 Å². The molecule has 0 spiro atoms. The monoisotopic (exact) mass is 402 g/mol. The van der Waals surface area contributed by atoms with Crippen LogP contribution in [0.1, 0.15) is 18.9 Å². The van der Waals surface area contributed by atoms with E-state index in [0.717, 1.165) is 6.20 Å². The molecular formula is C20H20F2N4O3. The van der Waals surface area contributed by atoms with Gasteiger partial charge in [0.05, 0.1) is 24.8 Å². The lowest BCUT2D eigenvalue weighted by molar-refractivity contribution is -0.144. The van der Waals surface area contributed by atoms with Crippen LogP contribution in [0, 0.1) is 17.6 Å². The molecule has 0 unspecified atom stereocenters. The van der Waals surface area contributed by atoms with E-state index < -0.39 is 23.1 Å². The number of guanidine groups is 1. The number of nitrogens with two attached hydrogens (primary N) is 1. The van der Waals surface area contributed by atoms with Crippen LogP contribution in [0.3, 0.4) is 0 Å². The highest BCUT2D eigenvalue weighted by Gasteiger charge is 2.54. The van der Waals surface area contributed by atoms with Crippen LogP contribution in [0.2, 0.25) is 0 Å². The number of ether oxygens (including phenoxy) is 2. The summed E-state index contributed by atoms with van der Waals surface area (Å²) in [4.78, 5) is 22.5. The van der Waals surface area contributed by atoms with Crippen molar-refractivity contribution in [2.45, 2.75) is 25.0 Å². The van der Waals surface area contributed by atoms with Gasteiger partial charge >= 0.3 is 0 Å². The minimum absolute atomic E-state index is 0.00433. The number of aliphatic imine (C=N–C) groups is 1. The third kappa shape index (κ3) is 3.31. The molecule has 4 rings (SSSR count). The summed E-state index contributed by atoms with van der Waals surface area (Å²) >= 11 is 0. The quantitative estimate of drug-likeness (QED) is 0.852. The van der Waals surface area contributed by atoms with Crippen LogP contribution in [-0.4, -0.2) is 41.5 Å². The molecule has 1 aromatic carbocycles. The van der Waals surface area contributed by atoms with Gasteiger partial charge in [-0.1, -0.05) is 0 Å². The van der Waals surface area contributed by atoms with Crippen molar-refractivity contribution in [3.05, 3.63) is 53.7 Å². The topological polar surface area (TPSA) is 90.0 Å². The summed E-state index contributed by atoms with van der Waals surface area (Å²) in [5, 5.41) is 0. The SMILES string of the molecule is C[C@H]1C[C@H]2C(=O)N(C)C(N)=N[C@@]2(c2cc(Oc3ccc(F)cn3)ccc2F)CO1. The Morgan fingerprint density at radius 3 is 2.83 bits per heavy atom. The lowest BCUT2D eigenvalue weighted by Crippen LogP contribution is -2.59. The van der Waals surface area contributed by atoms with E-state index >= 15 is 0 Å². The molecule has 0 saturated carbocycles. The summed E-state index contributed by atoms with van der Waals surface area (Å²) < 4.78 is 39.4. The van der Waals surface area contributed by atoms with E-state index in [-0.39, 0.29) is 41.8 Å². The number of amides is 1. The van der Waals surface area contributed by atoms with Gasteiger partial charge < -0.3 is 15.2 Å². The van der Waals surface area contributed by atoms with Gasteiger partial charge in [0.2, 0.25) is 11.8 Å². The molecule has 2 aliphatic heterocycles. The molecule has 7 nitrogen and oxygen atoms in total. The average molecular weight is 402 g/mol. The second-order valence-corrected chi connectivity index (χ2v) is 7.26. The molecule has 3 atom stereocenters. The largest absolute Gasteiger partial charge is 0.439 e. The van der Waals surface area contributed by atoms with E-state index in [1.807, 2.05) is 6.92 Å². The molecule has 0 bridgehead atoms. The lowest BCUT2D eigenvalue weighted by Gasteiger charge is -2.46. The number of halogens is 2. The van der Waals surface area contributed by atoms with E-state index in [9.17, 15) is 13.6 Å². The molecule has 0 aliphatic carbocycles. The summed E-state index contributed by atoms with van der Waals surface area (Å²) in [7, 11) is 1.54. The van der Waals surface area contributed by atoms with Crippen LogP contribution >= 0.6 is 0 Å². The van der Waals surface area contributed by atoms with Gasteiger partial charge in [0, 0.05) is 18.7 Å². The predicted molar refractivity (Wildman–Crippen MR) is 100 cm³/mol. The van der Waals surface area contributed by atoms with Gasteiger partial charge in [-0.25, -0.2) is 18.8 Å². The molecule has 2 aliphatic rings. The van der Waals surface area contributed by atoms with E-state index in [1.165, 1.54) is 35.2 Å². The van der Waals surface area contributed by atoms with Crippen molar-refractivity contribution in [1.29, 1.82) is 0 Å². The Morgan fingerprint density at radius 1 is 1.31 bits per heavy atom. The highest BCUT2D eigenvalue weighted by molar-refractivity contribution is 6.00. The van der Waals surface area contributed by atoms with Crippen LogP contribution in [0.15, 0.2) is 41.5 Å². The molecule has 1 fully saturated rings. The first-order valence-corrected chi connectivity index (χ1v) is 9.14. The first-order valence-electron chi connectivity index (χ1n) is 9.14. The van der Waals surface area contributed by atoms with Crippen molar-refractivity contribution in [2.24, 2.45) is 16.6 Å². The van der Waals surface area contributed by atoms with Crippen molar-refractivity contribution in [3.63, 3.8) is 0 Å². The molecule has 9 heteroatoms. The summed E-state index contributed by atoms with van der Waals surface area (Å²) in [5.74, 6) is -1.50. The summed E-state index contributed by atoms with van der Waals surface area (Å²) in [6, 6.07) is 6.68. The van der Waals surface area contributed by atoms with Gasteiger partial charge in [-0.3, -0.25) is 9.69 Å². The van der Waals surface area contributed by atoms with Gasteiger partial charge in [0.1, 0.15) is 22.9 Å². The fourth-order valence-corrected chi connectivity index (χ4v) is 3.77. The zero-order chi connectivity index (χ0) is 20.8. The van der Waals surface area contributed by atoms with E-state index in [0.29, 0.717) is 6.42 Å². The maximum Gasteiger partial charge on any atom is 0.235 e. The summed E-state index contributed by atoms with van der Waals surface area (Å²) in [5.41, 5.74) is 4.82. The molecular weight excluding hydrogens is 382 g/mol. The third-order valence-corrected chi connectivity index (χ3v) is 5.35. The van der Waals surface area contributed by atoms with Crippen LogP contribution in [0.5, 0.6) is 11.6 Å². The Balaban J connectivity index is 1.79. The number of hydrogen-bond acceptors (Lipinski definition) is 6. The van der Waals surface area contributed by atoms with Crippen LogP contribution < -0.4 is 10.5 Å². The van der Waals surface area contributed by atoms with Crippen LogP contribution in [0.4, 0.5) is 8.78 Å². The Labute approximate surface area is 166 Å². The van der Waals surface area contributed by atoms with Crippen LogP contribution in [0.25, 0.3) is 0 Å². The average Bonchev–Trinajstić information content (AvgIpc) is 2.70. The fourth-order valence-electron chi connectivity index (χ4n) is 3.77. The fraction of sp³-hybridized carbons (Fsp3) is 0.350. The Bertz CT molecular complexity index is 982. The van der Waals surface area contributed by atoms with Gasteiger partial charge in [-0.2, -0.15) is 0 Å². The molecule has 0 radical (unpaired) electrons. The van der Waals surface area contributed by atoms with Crippen molar-refractivity contribution < 1.29 is 23.0 Å². The van der Waals surface area contributed by atoms with Crippen molar-refractivity contribution in [2.75, 3.05) is 13.7 Å².